The molecule has 0 unspecified atom stereocenters. The van der Waals surface area contributed by atoms with Crippen LogP contribution in [0.25, 0.3) is 0 Å². The fourth-order valence-electron chi connectivity index (χ4n) is 2.41. The fraction of sp³-hybridized carbons (Fsp3) is 0.538. The molecule has 0 aliphatic carbocycles. The maximum Gasteiger partial charge on any atom is 0.417 e. The molecule has 2 N–H and O–H groups in total. The molecule has 1 saturated heterocycles. The van der Waals surface area contributed by atoms with Gasteiger partial charge in [0.25, 0.3) is 0 Å². The van der Waals surface area contributed by atoms with E-state index in [-0.39, 0.29) is 12.8 Å². The molecule has 106 valence electrons. The molecule has 19 heavy (non-hydrogen) atoms. The van der Waals surface area contributed by atoms with Crippen LogP contribution in [0.3, 0.4) is 0 Å². The summed E-state index contributed by atoms with van der Waals surface area (Å²) in [4.78, 5) is 1.92. The Morgan fingerprint density at radius 1 is 1.16 bits per heavy atom. The number of methoxy groups -OCH3 is 1. The number of benzene rings is 1. The van der Waals surface area contributed by atoms with Gasteiger partial charge in [0.1, 0.15) is 0 Å². The number of anilines is 2. The second-order valence-electron chi connectivity index (χ2n) is 4.77. The number of nitrogens with zero attached hydrogens (tertiary/aromatic N) is 1. The van der Waals surface area contributed by atoms with Crippen LogP contribution >= 0.6 is 0 Å². The van der Waals surface area contributed by atoms with Crippen molar-refractivity contribution >= 4 is 11.4 Å². The van der Waals surface area contributed by atoms with Crippen LogP contribution in [0.4, 0.5) is 24.5 Å². The first-order valence-corrected chi connectivity index (χ1v) is 6.10. The van der Waals surface area contributed by atoms with Crippen molar-refractivity contribution in [3.05, 3.63) is 24.3 Å². The molecule has 0 amide bonds. The first kappa shape index (κ1) is 14.0. The lowest BCUT2D eigenvalue weighted by Crippen LogP contribution is -2.54. The summed E-state index contributed by atoms with van der Waals surface area (Å²) in [5.41, 5.74) is 5.12. The van der Waals surface area contributed by atoms with E-state index < -0.39 is 11.8 Å². The number of halogens is 3. The van der Waals surface area contributed by atoms with Gasteiger partial charge in [-0.05, 0) is 24.3 Å². The normalized spacial score (nSPS) is 19.5. The van der Waals surface area contributed by atoms with E-state index in [1.54, 1.807) is 12.1 Å². The van der Waals surface area contributed by atoms with Crippen LogP contribution in [0.2, 0.25) is 0 Å². The van der Waals surface area contributed by atoms with Gasteiger partial charge in [0.05, 0.1) is 0 Å². The molecule has 2 rings (SSSR count). The second kappa shape index (κ2) is 4.92. The highest BCUT2D eigenvalue weighted by Gasteiger charge is 2.56. The van der Waals surface area contributed by atoms with E-state index in [9.17, 15) is 13.2 Å². The molecule has 1 fully saturated rings. The minimum Gasteiger partial charge on any atom is -0.399 e. The number of nitrogen functional groups attached to an aromatic ring is 1. The Balaban J connectivity index is 2.08. The molecule has 1 aromatic rings. The maximum absolute atomic E-state index is 13.0. The van der Waals surface area contributed by atoms with E-state index in [1.165, 1.54) is 0 Å². The number of hydrogen-bond acceptors (Lipinski definition) is 3. The molecule has 1 aromatic carbocycles. The summed E-state index contributed by atoms with van der Waals surface area (Å²) in [6, 6.07) is 7.14. The van der Waals surface area contributed by atoms with Crippen LogP contribution in [-0.2, 0) is 4.74 Å². The van der Waals surface area contributed by atoms with E-state index in [0.717, 1.165) is 12.8 Å². The molecule has 0 aromatic heterocycles. The van der Waals surface area contributed by atoms with Gasteiger partial charge in [0.15, 0.2) is 5.60 Å². The van der Waals surface area contributed by atoms with Crippen LogP contribution in [0.15, 0.2) is 24.3 Å². The Bertz CT molecular complexity index is 423. The van der Waals surface area contributed by atoms with Gasteiger partial charge in [-0.1, -0.05) is 0 Å². The molecule has 0 spiro atoms. The van der Waals surface area contributed by atoms with Crippen LogP contribution in [0.1, 0.15) is 12.8 Å². The summed E-state index contributed by atoms with van der Waals surface area (Å²) >= 11 is 0. The van der Waals surface area contributed by atoms with Crippen molar-refractivity contribution in [3.63, 3.8) is 0 Å². The molecule has 0 atom stereocenters. The standard InChI is InChI=1S/C13H17F3N2O/c1-19-12(13(14,15)16)6-8-18(9-7-12)11-4-2-10(17)3-5-11/h2-5H,6-9,17H2,1H3. The van der Waals surface area contributed by atoms with Gasteiger partial charge in [-0.2, -0.15) is 13.2 Å². The lowest BCUT2D eigenvalue weighted by atomic mass is 9.90. The van der Waals surface area contributed by atoms with Gasteiger partial charge in [0.2, 0.25) is 0 Å². The first-order valence-electron chi connectivity index (χ1n) is 6.10. The van der Waals surface area contributed by atoms with Gasteiger partial charge in [0, 0.05) is 44.4 Å². The topological polar surface area (TPSA) is 38.5 Å². The van der Waals surface area contributed by atoms with Crippen LogP contribution in [0.5, 0.6) is 0 Å². The third kappa shape index (κ3) is 2.63. The summed E-state index contributed by atoms with van der Waals surface area (Å²) in [6.45, 7) is 0.633. The summed E-state index contributed by atoms with van der Waals surface area (Å²) in [7, 11) is 1.13. The lowest BCUT2D eigenvalue weighted by molar-refractivity contribution is -0.276. The largest absolute Gasteiger partial charge is 0.417 e. The maximum atomic E-state index is 13.0. The number of alkyl halides is 3. The number of nitrogens with two attached hydrogens (primary N) is 1. The van der Waals surface area contributed by atoms with Gasteiger partial charge < -0.3 is 15.4 Å². The molecule has 1 heterocycles. The summed E-state index contributed by atoms with van der Waals surface area (Å²) in [5.74, 6) is 0. The van der Waals surface area contributed by atoms with Crippen molar-refractivity contribution in [1.29, 1.82) is 0 Å². The second-order valence-corrected chi connectivity index (χ2v) is 4.77. The van der Waals surface area contributed by atoms with E-state index in [2.05, 4.69) is 0 Å². The van der Waals surface area contributed by atoms with Crippen molar-refractivity contribution in [3.8, 4) is 0 Å². The van der Waals surface area contributed by atoms with Gasteiger partial charge in [-0.3, -0.25) is 0 Å². The number of ether oxygens (including phenoxy) is 1. The minimum atomic E-state index is -4.32. The first-order chi connectivity index (χ1) is 8.88. The summed E-state index contributed by atoms with van der Waals surface area (Å²) in [6.07, 6.45) is -4.44. The zero-order chi connectivity index (χ0) is 14.1. The highest BCUT2D eigenvalue weighted by molar-refractivity contribution is 5.53. The quantitative estimate of drug-likeness (QED) is 0.843. The molecular weight excluding hydrogens is 257 g/mol. The molecule has 1 aliphatic rings. The summed E-state index contributed by atoms with van der Waals surface area (Å²) in [5, 5.41) is 0. The van der Waals surface area contributed by atoms with Crippen LogP contribution in [-0.4, -0.2) is 32.0 Å². The van der Waals surface area contributed by atoms with E-state index in [0.29, 0.717) is 18.8 Å². The molecule has 0 bridgehead atoms. The Kier molecular flexibility index (Phi) is 3.62. The van der Waals surface area contributed by atoms with E-state index in [1.807, 2.05) is 17.0 Å². The average Bonchev–Trinajstić information content (AvgIpc) is 2.38. The SMILES string of the molecule is COC1(C(F)(F)F)CCN(c2ccc(N)cc2)CC1. The molecule has 1 aliphatic heterocycles. The van der Waals surface area contributed by atoms with Crippen molar-refractivity contribution in [1.82, 2.24) is 0 Å². The number of hydrogen-bond donors (Lipinski definition) is 1. The van der Waals surface area contributed by atoms with Crippen LogP contribution in [0, 0.1) is 0 Å². The Hall–Kier alpha value is -1.43. The average molecular weight is 274 g/mol. The highest BCUT2D eigenvalue weighted by atomic mass is 19.4. The zero-order valence-corrected chi connectivity index (χ0v) is 10.7. The highest BCUT2D eigenvalue weighted by Crippen LogP contribution is 2.41. The Labute approximate surface area is 110 Å². The Morgan fingerprint density at radius 2 is 1.68 bits per heavy atom. The van der Waals surface area contributed by atoms with Crippen molar-refractivity contribution < 1.29 is 17.9 Å². The fourth-order valence-corrected chi connectivity index (χ4v) is 2.41. The Morgan fingerprint density at radius 3 is 2.11 bits per heavy atom. The molecular formula is C13H17F3N2O. The molecule has 0 radical (unpaired) electrons. The van der Waals surface area contributed by atoms with E-state index >= 15 is 0 Å². The number of piperidine rings is 1. The molecule has 0 saturated carbocycles. The molecule has 6 heteroatoms. The van der Waals surface area contributed by atoms with Gasteiger partial charge in [-0.25, -0.2) is 0 Å². The summed E-state index contributed by atoms with van der Waals surface area (Å²) < 4.78 is 43.8. The van der Waals surface area contributed by atoms with Crippen LogP contribution < -0.4 is 10.6 Å². The number of rotatable bonds is 2. The predicted octanol–water partition coefficient (Wildman–Crippen LogP) is 2.82. The van der Waals surface area contributed by atoms with Crippen molar-refractivity contribution in [2.45, 2.75) is 24.6 Å². The third-order valence-corrected chi connectivity index (χ3v) is 3.74. The van der Waals surface area contributed by atoms with E-state index in [4.69, 9.17) is 10.5 Å². The van der Waals surface area contributed by atoms with Gasteiger partial charge >= 0.3 is 6.18 Å². The van der Waals surface area contributed by atoms with Gasteiger partial charge in [-0.15, -0.1) is 0 Å². The van der Waals surface area contributed by atoms with Crippen molar-refractivity contribution in [2.24, 2.45) is 0 Å². The predicted molar refractivity (Wildman–Crippen MR) is 68.1 cm³/mol. The monoisotopic (exact) mass is 274 g/mol. The lowest BCUT2D eigenvalue weighted by Gasteiger charge is -2.42. The molecule has 3 nitrogen and oxygen atoms in total. The third-order valence-electron chi connectivity index (χ3n) is 3.74. The minimum absolute atomic E-state index is 0.0582. The van der Waals surface area contributed by atoms with Crippen molar-refractivity contribution in [2.75, 3.05) is 30.8 Å². The smallest absolute Gasteiger partial charge is 0.399 e. The zero-order valence-electron chi connectivity index (χ0n) is 10.7.